The van der Waals surface area contributed by atoms with Gasteiger partial charge in [-0.15, -0.1) is 0 Å². The lowest BCUT2D eigenvalue weighted by atomic mass is 9.78. The van der Waals surface area contributed by atoms with Crippen molar-refractivity contribution in [2.45, 2.75) is 116 Å². The van der Waals surface area contributed by atoms with Gasteiger partial charge in [-0.2, -0.15) is 0 Å². The molecule has 1 aromatic rings. The second-order valence-electron chi connectivity index (χ2n) is 11.7. The van der Waals surface area contributed by atoms with Gasteiger partial charge in [0.15, 0.2) is 0 Å². The number of alkyl carbamates (subject to hydrolysis) is 1. The van der Waals surface area contributed by atoms with Gasteiger partial charge in [0.2, 0.25) is 0 Å². The first-order chi connectivity index (χ1) is 14.8. The van der Waals surface area contributed by atoms with Crippen LogP contribution in [0, 0.1) is 0 Å². The summed E-state index contributed by atoms with van der Waals surface area (Å²) < 4.78 is 17.9. The molecule has 7 heteroatoms. The van der Waals surface area contributed by atoms with Gasteiger partial charge in [0, 0.05) is 25.2 Å². The number of nitrogens with one attached hydrogen (secondary N) is 1. The summed E-state index contributed by atoms with van der Waals surface area (Å²) in [5, 5.41) is 3.05. The fraction of sp³-hybridized carbons (Fsp3) is 0.720. The first-order valence-electron chi connectivity index (χ1n) is 12.0. The van der Waals surface area contributed by atoms with Crippen LogP contribution >= 0.6 is 0 Å². The molecule has 1 saturated carbocycles. The van der Waals surface area contributed by atoms with Crippen molar-refractivity contribution in [1.82, 2.24) is 10.2 Å². The Labute approximate surface area is 193 Å². The van der Waals surface area contributed by atoms with Crippen molar-refractivity contribution < 1.29 is 18.8 Å². The van der Waals surface area contributed by atoms with Crippen LogP contribution in [0.15, 0.2) is 18.2 Å². The molecule has 0 radical (unpaired) electrons. The molecular formula is C25H39BN2O4. The summed E-state index contributed by atoms with van der Waals surface area (Å²) in [4.78, 5) is 14.7. The first-order valence-corrected chi connectivity index (χ1v) is 12.0. The molecule has 1 amide bonds. The topological polar surface area (TPSA) is 60.0 Å². The normalized spacial score (nSPS) is 27.3. The second-order valence-corrected chi connectivity index (χ2v) is 11.7. The van der Waals surface area contributed by atoms with Crippen LogP contribution in [0.5, 0.6) is 0 Å². The van der Waals surface area contributed by atoms with Crippen LogP contribution in [0.4, 0.5) is 4.79 Å². The number of nitrogens with zero attached hydrogens (tertiary/aromatic N) is 1. The van der Waals surface area contributed by atoms with E-state index in [9.17, 15) is 4.79 Å². The molecule has 1 aromatic carbocycles. The number of amides is 1. The molecule has 4 rings (SSSR count). The zero-order valence-electron chi connectivity index (χ0n) is 20.8. The number of rotatable bonds is 3. The van der Waals surface area contributed by atoms with Gasteiger partial charge in [0.1, 0.15) is 5.60 Å². The van der Waals surface area contributed by atoms with Crippen LogP contribution in [0.25, 0.3) is 0 Å². The lowest BCUT2D eigenvalue weighted by Crippen LogP contribution is -2.44. The number of benzene rings is 1. The van der Waals surface area contributed by atoms with Crippen LogP contribution < -0.4 is 10.8 Å². The van der Waals surface area contributed by atoms with Gasteiger partial charge in [-0.05, 0) is 90.7 Å². The van der Waals surface area contributed by atoms with Gasteiger partial charge < -0.3 is 19.4 Å². The zero-order chi connectivity index (χ0) is 23.3. The highest BCUT2D eigenvalue weighted by molar-refractivity contribution is 6.62. The average Bonchev–Trinajstić information content (AvgIpc) is 3.18. The first kappa shape index (κ1) is 23.6. The molecule has 2 aliphatic heterocycles. The van der Waals surface area contributed by atoms with E-state index in [0.717, 1.165) is 44.2 Å². The summed E-state index contributed by atoms with van der Waals surface area (Å²) in [7, 11) is -0.311. The Hall–Kier alpha value is -1.57. The molecule has 1 N–H and O–H groups in total. The summed E-state index contributed by atoms with van der Waals surface area (Å²) in [5.74, 6) is 0. The molecule has 0 atom stereocenters. The molecule has 0 unspecified atom stereocenters. The van der Waals surface area contributed by atoms with E-state index in [-0.39, 0.29) is 30.5 Å². The Morgan fingerprint density at radius 3 is 2.22 bits per heavy atom. The van der Waals surface area contributed by atoms with E-state index < -0.39 is 5.60 Å². The minimum Gasteiger partial charge on any atom is -0.444 e. The summed E-state index contributed by atoms with van der Waals surface area (Å²) in [5.41, 5.74) is 2.78. The van der Waals surface area contributed by atoms with Gasteiger partial charge in [0.25, 0.3) is 0 Å². The van der Waals surface area contributed by atoms with E-state index in [1.165, 1.54) is 11.1 Å². The Bertz CT molecular complexity index is 840. The lowest BCUT2D eigenvalue weighted by Gasteiger charge is -2.35. The largest absolute Gasteiger partial charge is 0.494 e. The number of carbonyl (C=O) groups is 1. The minimum atomic E-state index is -0.457. The van der Waals surface area contributed by atoms with Gasteiger partial charge in [-0.25, -0.2) is 4.79 Å². The van der Waals surface area contributed by atoms with Gasteiger partial charge >= 0.3 is 13.2 Å². The highest BCUT2D eigenvalue weighted by Gasteiger charge is 2.51. The van der Waals surface area contributed by atoms with E-state index in [1.54, 1.807) is 0 Å². The van der Waals surface area contributed by atoms with Crippen molar-refractivity contribution >= 4 is 18.7 Å². The summed E-state index contributed by atoms with van der Waals surface area (Å²) in [6.07, 6.45) is 3.88. The molecule has 32 heavy (non-hydrogen) atoms. The average molecular weight is 442 g/mol. The maximum Gasteiger partial charge on any atom is 0.494 e. The van der Waals surface area contributed by atoms with Crippen molar-refractivity contribution in [1.29, 1.82) is 0 Å². The SMILES string of the molecule is CC(C)(C)OC(=O)N[C@H]1CC[C@H](N2Cc3ccc(B4OC(C)(C)C(C)(C)O4)cc3C2)CC1. The predicted molar refractivity (Wildman–Crippen MR) is 127 cm³/mol. The van der Waals surface area contributed by atoms with Crippen LogP contribution in [-0.2, 0) is 27.1 Å². The predicted octanol–water partition coefficient (Wildman–Crippen LogP) is 4.14. The van der Waals surface area contributed by atoms with Gasteiger partial charge in [0.05, 0.1) is 11.2 Å². The molecule has 176 valence electrons. The number of fused-ring (bicyclic) bond motifs is 1. The third-order valence-electron chi connectivity index (χ3n) is 7.44. The summed E-state index contributed by atoms with van der Waals surface area (Å²) >= 11 is 0. The van der Waals surface area contributed by atoms with Crippen LogP contribution in [0.1, 0.15) is 85.3 Å². The number of hydrogen-bond acceptors (Lipinski definition) is 5. The van der Waals surface area contributed by atoms with Crippen molar-refractivity contribution in [3.8, 4) is 0 Å². The highest BCUT2D eigenvalue weighted by atomic mass is 16.7. The monoisotopic (exact) mass is 442 g/mol. The Kier molecular flexibility index (Phi) is 6.14. The molecular weight excluding hydrogens is 403 g/mol. The van der Waals surface area contributed by atoms with Gasteiger partial charge in [-0.1, -0.05) is 18.2 Å². The highest BCUT2D eigenvalue weighted by Crippen LogP contribution is 2.37. The molecule has 0 aromatic heterocycles. The van der Waals surface area contributed by atoms with E-state index in [4.69, 9.17) is 14.0 Å². The summed E-state index contributed by atoms with van der Waals surface area (Å²) in [6, 6.07) is 7.44. The quantitative estimate of drug-likeness (QED) is 0.714. The van der Waals surface area contributed by atoms with E-state index in [1.807, 2.05) is 20.8 Å². The van der Waals surface area contributed by atoms with Crippen LogP contribution in [-0.4, -0.2) is 47.0 Å². The maximum atomic E-state index is 12.1. The van der Waals surface area contributed by atoms with Crippen molar-refractivity contribution in [3.05, 3.63) is 29.3 Å². The third-order valence-corrected chi connectivity index (χ3v) is 7.44. The number of ether oxygens (including phenoxy) is 1. The van der Waals surface area contributed by atoms with Crippen molar-refractivity contribution in [2.24, 2.45) is 0 Å². The molecule has 2 heterocycles. The maximum absolute atomic E-state index is 12.1. The number of hydrogen-bond donors (Lipinski definition) is 1. The van der Waals surface area contributed by atoms with Crippen LogP contribution in [0.3, 0.4) is 0 Å². The van der Waals surface area contributed by atoms with E-state index in [0.29, 0.717) is 6.04 Å². The summed E-state index contributed by atoms with van der Waals surface area (Å²) in [6.45, 7) is 16.0. The smallest absolute Gasteiger partial charge is 0.444 e. The molecule has 3 aliphatic rings. The molecule has 2 fully saturated rings. The lowest BCUT2D eigenvalue weighted by molar-refractivity contribution is 0.00578. The second kappa shape index (κ2) is 8.34. The van der Waals surface area contributed by atoms with Crippen molar-refractivity contribution in [3.63, 3.8) is 0 Å². The fourth-order valence-corrected chi connectivity index (χ4v) is 4.88. The van der Waals surface area contributed by atoms with Gasteiger partial charge in [-0.3, -0.25) is 4.90 Å². The van der Waals surface area contributed by atoms with E-state index >= 15 is 0 Å². The van der Waals surface area contributed by atoms with E-state index in [2.05, 4.69) is 56.1 Å². The Morgan fingerprint density at radius 1 is 1.03 bits per heavy atom. The molecule has 1 aliphatic carbocycles. The molecule has 0 spiro atoms. The Morgan fingerprint density at radius 2 is 1.62 bits per heavy atom. The molecule has 6 nitrogen and oxygen atoms in total. The molecule has 1 saturated heterocycles. The van der Waals surface area contributed by atoms with Crippen LogP contribution in [0.2, 0.25) is 0 Å². The standard InChI is InChI=1S/C25H39BN2O4/c1-23(2,3)30-22(29)27-20-10-12-21(13-11-20)28-15-17-8-9-19(14-18(17)16-28)26-31-24(4,5)25(6,7)32-26/h8-9,14,20-21H,10-13,15-16H2,1-7H3,(H,27,29)/t20-,21-. The fourth-order valence-electron chi connectivity index (χ4n) is 4.88. The number of carbonyl (C=O) groups excluding carboxylic acids is 1. The third kappa shape index (κ3) is 5.00. The minimum absolute atomic E-state index is 0.209. The Balaban J connectivity index is 1.31. The zero-order valence-corrected chi connectivity index (χ0v) is 20.8. The molecule has 0 bridgehead atoms. The van der Waals surface area contributed by atoms with Crippen molar-refractivity contribution in [2.75, 3.05) is 0 Å².